The zero-order valence-electron chi connectivity index (χ0n) is 12.9. The number of halogens is 1. The third-order valence-electron chi connectivity index (χ3n) is 4.85. The van der Waals surface area contributed by atoms with E-state index >= 15 is 0 Å². The third kappa shape index (κ3) is 2.74. The normalized spacial score (nSPS) is 22.7. The summed E-state index contributed by atoms with van der Waals surface area (Å²) in [7, 11) is 1.76. The van der Waals surface area contributed by atoms with Crippen LogP contribution in [0.2, 0.25) is 5.02 Å². The minimum Gasteiger partial charge on any atom is -0.376 e. The molecule has 1 aromatic heterocycles. The van der Waals surface area contributed by atoms with Crippen molar-refractivity contribution in [1.29, 1.82) is 0 Å². The Morgan fingerprint density at radius 3 is 2.50 bits per heavy atom. The van der Waals surface area contributed by atoms with Gasteiger partial charge in [-0.1, -0.05) is 25.4 Å². The molecule has 1 heterocycles. The molecule has 0 aromatic carbocycles. The van der Waals surface area contributed by atoms with Crippen LogP contribution in [-0.4, -0.2) is 22.5 Å². The monoisotopic (exact) mass is 299 g/mol. The van der Waals surface area contributed by atoms with Gasteiger partial charge in [-0.25, -0.2) is 0 Å². The van der Waals surface area contributed by atoms with E-state index < -0.39 is 0 Å². The number of aryl methyl sites for hydroxylation is 1. The molecule has 1 fully saturated rings. The maximum atomic E-state index is 6.56. The number of nitrogens with two attached hydrogens (primary N) is 1. The largest absolute Gasteiger partial charge is 0.376 e. The second kappa shape index (κ2) is 5.66. The number of nitrogens with zero attached hydrogens (tertiary/aromatic N) is 2. The quantitative estimate of drug-likeness (QED) is 0.925. The first-order valence-electron chi connectivity index (χ1n) is 7.37. The van der Waals surface area contributed by atoms with E-state index in [0.717, 1.165) is 37.9 Å². The van der Waals surface area contributed by atoms with Crippen molar-refractivity contribution in [3.8, 4) is 0 Å². The van der Waals surface area contributed by atoms with Crippen molar-refractivity contribution in [2.75, 3.05) is 7.11 Å². The fourth-order valence-corrected chi connectivity index (χ4v) is 3.43. The Kier molecular flexibility index (Phi) is 4.47. The Morgan fingerprint density at radius 1 is 1.40 bits per heavy atom. The first kappa shape index (κ1) is 15.8. The van der Waals surface area contributed by atoms with Gasteiger partial charge in [-0.05, 0) is 38.0 Å². The lowest BCUT2D eigenvalue weighted by Gasteiger charge is -2.45. The second-order valence-corrected chi connectivity index (χ2v) is 7.01. The molecule has 0 aliphatic heterocycles. The number of methoxy groups -OCH3 is 1. The predicted octanol–water partition coefficient (Wildman–Crippen LogP) is 3.54. The Balaban J connectivity index is 2.30. The molecule has 4 nitrogen and oxygen atoms in total. The summed E-state index contributed by atoms with van der Waals surface area (Å²) in [6.45, 7) is 7.42. The van der Waals surface area contributed by atoms with Crippen LogP contribution in [0.1, 0.15) is 58.2 Å². The van der Waals surface area contributed by atoms with Crippen LogP contribution in [0.15, 0.2) is 6.20 Å². The van der Waals surface area contributed by atoms with Gasteiger partial charge in [0.25, 0.3) is 0 Å². The molecule has 1 aromatic rings. The standard InChI is InChI=1S/C15H26ClN3O/c1-5-19-12(11(16)10-18-19)13(17)15(20-4)8-6-14(2,3)7-9-15/h10,13H,5-9,17H2,1-4H3. The van der Waals surface area contributed by atoms with Crippen LogP contribution < -0.4 is 5.73 Å². The molecule has 0 amide bonds. The molecule has 2 rings (SSSR count). The minimum absolute atomic E-state index is 0.237. The number of ether oxygens (including phenoxy) is 1. The van der Waals surface area contributed by atoms with Crippen LogP contribution in [0.3, 0.4) is 0 Å². The smallest absolute Gasteiger partial charge is 0.0886 e. The SMILES string of the molecule is CCn1ncc(Cl)c1C(N)C1(OC)CCC(C)(C)CC1. The summed E-state index contributed by atoms with van der Waals surface area (Å²) in [6.07, 6.45) is 5.83. The molecule has 5 heteroatoms. The molecule has 0 radical (unpaired) electrons. The maximum Gasteiger partial charge on any atom is 0.0886 e. The molecule has 20 heavy (non-hydrogen) atoms. The van der Waals surface area contributed by atoms with Gasteiger partial charge < -0.3 is 10.5 Å². The van der Waals surface area contributed by atoms with Crippen molar-refractivity contribution in [3.05, 3.63) is 16.9 Å². The maximum absolute atomic E-state index is 6.56. The highest BCUT2D eigenvalue weighted by molar-refractivity contribution is 6.31. The van der Waals surface area contributed by atoms with Gasteiger partial charge in [0.1, 0.15) is 0 Å². The summed E-state index contributed by atoms with van der Waals surface area (Å²) in [5.74, 6) is 0. The zero-order valence-corrected chi connectivity index (χ0v) is 13.7. The fourth-order valence-electron chi connectivity index (χ4n) is 3.17. The van der Waals surface area contributed by atoms with Crippen molar-refractivity contribution < 1.29 is 4.74 Å². The van der Waals surface area contributed by atoms with Crippen molar-refractivity contribution in [3.63, 3.8) is 0 Å². The van der Waals surface area contributed by atoms with Crippen LogP contribution in [0.5, 0.6) is 0 Å². The van der Waals surface area contributed by atoms with E-state index in [2.05, 4.69) is 18.9 Å². The average molecular weight is 300 g/mol. The third-order valence-corrected chi connectivity index (χ3v) is 5.14. The summed E-state index contributed by atoms with van der Waals surface area (Å²) in [6, 6.07) is -0.237. The van der Waals surface area contributed by atoms with Gasteiger partial charge >= 0.3 is 0 Å². The predicted molar refractivity (Wildman–Crippen MR) is 81.8 cm³/mol. The van der Waals surface area contributed by atoms with Gasteiger partial charge in [0, 0.05) is 13.7 Å². The number of aromatic nitrogens is 2. The highest BCUT2D eigenvalue weighted by Gasteiger charge is 2.45. The molecule has 1 unspecified atom stereocenters. The van der Waals surface area contributed by atoms with E-state index in [1.165, 1.54) is 0 Å². The van der Waals surface area contributed by atoms with Gasteiger partial charge in [0.15, 0.2) is 0 Å². The van der Waals surface area contributed by atoms with Gasteiger partial charge in [-0.15, -0.1) is 0 Å². The average Bonchev–Trinajstić information content (AvgIpc) is 2.79. The van der Waals surface area contributed by atoms with E-state index in [1.807, 2.05) is 11.6 Å². The van der Waals surface area contributed by atoms with Crippen LogP contribution in [0.4, 0.5) is 0 Å². The lowest BCUT2D eigenvalue weighted by atomic mass is 9.68. The van der Waals surface area contributed by atoms with Gasteiger partial charge in [-0.2, -0.15) is 5.10 Å². The first-order chi connectivity index (χ1) is 9.35. The summed E-state index contributed by atoms with van der Waals surface area (Å²) >= 11 is 6.29. The topological polar surface area (TPSA) is 53.1 Å². The van der Waals surface area contributed by atoms with Crippen molar-refractivity contribution >= 4 is 11.6 Å². The van der Waals surface area contributed by atoms with Crippen molar-refractivity contribution in [2.45, 2.75) is 64.6 Å². The van der Waals surface area contributed by atoms with E-state index in [-0.39, 0.29) is 11.6 Å². The highest BCUT2D eigenvalue weighted by atomic mass is 35.5. The lowest BCUT2D eigenvalue weighted by Crippen LogP contribution is -2.48. The summed E-state index contributed by atoms with van der Waals surface area (Å²) < 4.78 is 7.77. The van der Waals surface area contributed by atoms with Gasteiger partial charge in [0.05, 0.1) is 28.6 Å². The molecule has 1 atom stereocenters. The van der Waals surface area contributed by atoms with E-state index in [1.54, 1.807) is 13.3 Å². The molecule has 1 aliphatic rings. The number of rotatable bonds is 4. The van der Waals surface area contributed by atoms with Crippen LogP contribution in [0.25, 0.3) is 0 Å². The van der Waals surface area contributed by atoms with Crippen molar-refractivity contribution in [1.82, 2.24) is 9.78 Å². The molecule has 0 bridgehead atoms. The van der Waals surface area contributed by atoms with Crippen molar-refractivity contribution in [2.24, 2.45) is 11.1 Å². The Morgan fingerprint density at radius 2 is 2.00 bits per heavy atom. The first-order valence-corrected chi connectivity index (χ1v) is 7.75. The molecule has 1 aliphatic carbocycles. The van der Waals surface area contributed by atoms with E-state index in [9.17, 15) is 0 Å². The van der Waals surface area contributed by atoms with Crippen LogP contribution in [-0.2, 0) is 11.3 Å². The molecule has 0 saturated heterocycles. The summed E-state index contributed by atoms with van der Waals surface area (Å²) in [5.41, 5.74) is 7.50. The minimum atomic E-state index is -0.327. The second-order valence-electron chi connectivity index (χ2n) is 6.60. The molecule has 1 saturated carbocycles. The molecule has 114 valence electrons. The molecule has 0 spiro atoms. The number of hydrogen-bond donors (Lipinski definition) is 1. The molecular formula is C15H26ClN3O. The van der Waals surface area contributed by atoms with Crippen LogP contribution in [0, 0.1) is 5.41 Å². The Hall–Kier alpha value is -0.580. The van der Waals surface area contributed by atoms with Gasteiger partial charge in [0.2, 0.25) is 0 Å². The van der Waals surface area contributed by atoms with Crippen LogP contribution >= 0.6 is 11.6 Å². The number of hydrogen-bond acceptors (Lipinski definition) is 3. The molecular weight excluding hydrogens is 274 g/mol. The summed E-state index contributed by atoms with van der Waals surface area (Å²) in [4.78, 5) is 0. The van der Waals surface area contributed by atoms with E-state index in [0.29, 0.717) is 10.4 Å². The Bertz CT molecular complexity index is 460. The lowest BCUT2D eigenvalue weighted by molar-refractivity contribution is -0.0809. The molecule has 2 N–H and O–H groups in total. The fraction of sp³-hybridized carbons (Fsp3) is 0.800. The zero-order chi connectivity index (χ0) is 15.0. The van der Waals surface area contributed by atoms with E-state index in [4.69, 9.17) is 22.1 Å². The summed E-state index contributed by atoms with van der Waals surface area (Å²) in [5, 5.41) is 4.93. The highest BCUT2D eigenvalue weighted by Crippen LogP contribution is 2.47. The van der Waals surface area contributed by atoms with Gasteiger partial charge in [-0.3, -0.25) is 4.68 Å². The Labute approximate surface area is 126 Å².